The minimum Gasteiger partial charge on any atom is -0.493 e. The number of hydrogen-bond donors (Lipinski definition) is 3. The van der Waals surface area contributed by atoms with E-state index in [4.69, 9.17) is 15.6 Å². The fraction of sp³-hybridized carbons (Fsp3) is 0.278. The van der Waals surface area contributed by atoms with E-state index in [0.29, 0.717) is 15.6 Å². The number of halogens is 3. The maximum absolute atomic E-state index is 14.2. The number of carbonyl (C=O) groups excluding carboxylic acids is 1. The second-order valence-corrected chi connectivity index (χ2v) is 7.85. The van der Waals surface area contributed by atoms with E-state index in [9.17, 15) is 14.3 Å². The van der Waals surface area contributed by atoms with E-state index in [-0.39, 0.29) is 43.2 Å². The third kappa shape index (κ3) is 5.63. The molecule has 140 valence electrons. The summed E-state index contributed by atoms with van der Waals surface area (Å²) in [7, 11) is 0. The average molecular weight is 538 g/mol. The van der Waals surface area contributed by atoms with E-state index in [1.165, 1.54) is 6.07 Å². The van der Waals surface area contributed by atoms with Crippen LogP contribution in [0.2, 0.25) is 0 Å². The topological polar surface area (TPSA) is 92.8 Å². The quantitative estimate of drug-likeness (QED) is 0.451. The van der Waals surface area contributed by atoms with Gasteiger partial charge in [0.05, 0.1) is 24.9 Å². The number of nitrogens with two attached hydrogens (primary N) is 1. The Kier molecular flexibility index (Phi) is 7.81. The molecule has 0 spiro atoms. The van der Waals surface area contributed by atoms with Crippen molar-refractivity contribution in [3.05, 3.63) is 60.9 Å². The second-order valence-electron chi connectivity index (χ2n) is 5.69. The summed E-state index contributed by atoms with van der Waals surface area (Å²) in [4.78, 5) is 12.0. The van der Waals surface area contributed by atoms with Crippen LogP contribution in [0, 0.1) is 9.39 Å². The lowest BCUT2D eigenvalue weighted by atomic mass is 9.98. The first-order valence-corrected chi connectivity index (χ1v) is 9.67. The number of hydrogen-bond acceptors (Lipinski definition) is 4. The fourth-order valence-corrected chi connectivity index (χ4v) is 3.37. The van der Waals surface area contributed by atoms with Crippen LogP contribution in [0.3, 0.4) is 0 Å². The number of benzene rings is 2. The highest BCUT2D eigenvalue weighted by molar-refractivity contribution is 14.1. The summed E-state index contributed by atoms with van der Waals surface area (Å²) in [5.74, 6) is -0.796. The average Bonchev–Trinajstić information content (AvgIpc) is 2.56. The van der Waals surface area contributed by atoms with E-state index in [1.54, 1.807) is 24.3 Å². The van der Waals surface area contributed by atoms with Crippen molar-refractivity contribution < 1.29 is 24.1 Å². The van der Waals surface area contributed by atoms with Crippen molar-refractivity contribution in [1.82, 2.24) is 0 Å². The van der Waals surface area contributed by atoms with Gasteiger partial charge in [-0.2, -0.15) is 0 Å². The number of amides is 1. The molecule has 0 aromatic heterocycles. The Hall–Kier alpha value is -1.23. The van der Waals surface area contributed by atoms with Crippen LogP contribution in [-0.4, -0.2) is 35.4 Å². The van der Waals surface area contributed by atoms with E-state index in [0.717, 1.165) is 3.57 Å². The van der Waals surface area contributed by atoms with Crippen molar-refractivity contribution in [3.8, 4) is 5.75 Å². The van der Waals surface area contributed by atoms with Gasteiger partial charge in [-0.3, -0.25) is 4.79 Å². The number of aliphatic hydroxyl groups excluding tert-OH is 2. The van der Waals surface area contributed by atoms with Gasteiger partial charge < -0.3 is 20.7 Å². The first-order valence-electron chi connectivity index (χ1n) is 7.79. The molecular weight excluding hydrogens is 520 g/mol. The highest BCUT2D eigenvalue weighted by atomic mass is 127. The number of ether oxygens (including phenoxy) is 1. The van der Waals surface area contributed by atoms with E-state index in [1.807, 2.05) is 22.6 Å². The molecular formula is C18H18BrFINO4. The molecule has 0 unspecified atom stereocenters. The molecule has 0 saturated heterocycles. The molecule has 2 aromatic carbocycles. The standard InChI is InChI=1S/C18H18BrFINO4/c19-12-6-11(5-10-1-2-13(21)8-15(10)20)17(18(22)25)16(7-12)26-4-3-14(24)9-23/h1-2,6-8,14,23-24H,3-5,9H2,(H2,22,25)/t14-/m1/s1. The monoisotopic (exact) mass is 537 g/mol. The van der Waals surface area contributed by atoms with Gasteiger partial charge in [-0.25, -0.2) is 4.39 Å². The summed E-state index contributed by atoms with van der Waals surface area (Å²) in [6.45, 7) is -0.280. The Balaban J connectivity index is 2.34. The van der Waals surface area contributed by atoms with Crippen molar-refractivity contribution in [1.29, 1.82) is 0 Å². The molecule has 0 aliphatic carbocycles. The van der Waals surface area contributed by atoms with Gasteiger partial charge in [0, 0.05) is 20.9 Å². The summed E-state index contributed by atoms with van der Waals surface area (Å²) in [5, 5.41) is 18.2. The summed E-state index contributed by atoms with van der Waals surface area (Å²) in [5.41, 5.74) is 6.66. The van der Waals surface area contributed by atoms with Gasteiger partial charge in [-0.1, -0.05) is 22.0 Å². The highest BCUT2D eigenvalue weighted by Gasteiger charge is 2.18. The van der Waals surface area contributed by atoms with E-state index >= 15 is 0 Å². The normalized spacial score (nSPS) is 12.0. The number of primary amides is 1. The van der Waals surface area contributed by atoms with Gasteiger partial charge in [0.15, 0.2) is 0 Å². The van der Waals surface area contributed by atoms with Crippen LogP contribution in [0.15, 0.2) is 34.8 Å². The van der Waals surface area contributed by atoms with Gasteiger partial charge in [-0.15, -0.1) is 0 Å². The molecule has 1 amide bonds. The summed E-state index contributed by atoms with van der Waals surface area (Å²) in [6, 6.07) is 8.17. The molecule has 0 aliphatic heterocycles. The number of carbonyl (C=O) groups is 1. The highest BCUT2D eigenvalue weighted by Crippen LogP contribution is 2.30. The Morgan fingerprint density at radius 1 is 1.31 bits per heavy atom. The largest absolute Gasteiger partial charge is 0.493 e. The third-order valence-corrected chi connectivity index (χ3v) is 4.84. The van der Waals surface area contributed by atoms with Crippen molar-refractivity contribution in [3.63, 3.8) is 0 Å². The molecule has 0 aliphatic rings. The summed E-state index contributed by atoms with van der Waals surface area (Å²) < 4.78 is 21.2. The molecule has 0 fully saturated rings. The van der Waals surface area contributed by atoms with Gasteiger partial charge >= 0.3 is 0 Å². The van der Waals surface area contributed by atoms with Crippen LogP contribution in [0.5, 0.6) is 5.75 Å². The van der Waals surface area contributed by atoms with E-state index < -0.39 is 12.0 Å². The Bertz CT molecular complexity index is 803. The Morgan fingerprint density at radius 2 is 2.04 bits per heavy atom. The molecule has 5 nitrogen and oxygen atoms in total. The lowest BCUT2D eigenvalue weighted by Gasteiger charge is -2.16. The summed E-state index contributed by atoms with van der Waals surface area (Å²) in [6.07, 6.45) is -0.530. The maximum Gasteiger partial charge on any atom is 0.252 e. The minimum absolute atomic E-state index is 0.0930. The molecule has 0 radical (unpaired) electrons. The Labute approximate surface area is 172 Å². The molecule has 0 heterocycles. The van der Waals surface area contributed by atoms with Gasteiger partial charge in [0.25, 0.3) is 5.91 Å². The van der Waals surface area contributed by atoms with Gasteiger partial charge in [-0.05, 0) is 58.0 Å². The smallest absolute Gasteiger partial charge is 0.252 e. The molecule has 8 heteroatoms. The first kappa shape index (κ1) is 21.1. The number of rotatable bonds is 8. The van der Waals surface area contributed by atoms with Crippen LogP contribution in [-0.2, 0) is 6.42 Å². The predicted molar refractivity (Wildman–Crippen MR) is 108 cm³/mol. The minimum atomic E-state index is -0.903. The zero-order valence-electron chi connectivity index (χ0n) is 13.7. The van der Waals surface area contributed by atoms with Gasteiger partial charge in [0.1, 0.15) is 11.6 Å². The SMILES string of the molecule is NC(=O)c1c(Cc2ccc(I)cc2F)cc(Br)cc1OCC[C@@H](O)CO. The van der Waals surface area contributed by atoms with Crippen LogP contribution in [0.1, 0.15) is 27.9 Å². The number of aliphatic hydroxyl groups is 2. The maximum atomic E-state index is 14.2. The fourth-order valence-electron chi connectivity index (χ4n) is 2.44. The lowest BCUT2D eigenvalue weighted by Crippen LogP contribution is -2.19. The Morgan fingerprint density at radius 3 is 2.65 bits per heavy atom. The van der Waals surface area contributed by atoms with E-state index in [2.05, 4.69) is 15.9 Å². The lowest BCUT2D eigenvalue weighted by molar-refractivity contribution is 0.0751. The van der Waals surface area contributed by atoms with Crippen LogP contribution >= 0.6 is 38.5 Å². The van der Waals surface area contributed by atoms with Crippen molar-refractivity contribution in [2.45, 2.75) is 18.9 Å². The van der Waals surface area contributed by atoms with Crippen LogP contribution in [0.4, 0.5) is 4.39 Å². The molecule has 4 N–H and O–H groups in total. The van der Waals surface area contributed by atoms with Gasteiger partial charge in [0.2, 0.25) is 0 Å². The molecule has 1 atom stereocenters. The van der Waals surface area contributed by atoms with Crippen molar-refractivity contribution >= 4 is 44.4 Å². The molecule has 0 bridgehead atoms. The summed E-state index contributed by atoms with van der Waals surface area (Å²) >= 11 is 5.38. The van der Waals surface area contributed by atoms with Crippen molar-refractivity contribution in [2.24, 2.45) is 5.73 Å². The molecule has 2 rings (SSSR count). The first-order chi connectivity index (χ1) is 12.3. The van der Waals surface area contributed by atoms with Crippen LogP contribution in [0.25, 0.3) is 0 Å². The zero-order valence-corrected chi connectivity index (χ0v) is 17.5. The second kappa shape index (κ2) is 9.63. The molecule has 2 aromatic rings. The van der Waals surface area contributed by atoms with Crippen LogP contribution < -0.4 is 10.5 Å². The molecule has 0 saturated carbocycles. The predicted octanol–water partition coefficient (Wildman–Crippen LogP) is 3.00. The zero-order chi connectivity index (χ0) is 19.3. The molecule has 26 heavy (non-hydrogen) atoms. The third-order valence-electron chi connectivity index (χ3n) is 3.71. The van der Waals surface area contributed by atoms with Crippen molar-refractivity contribution in [2.75, 3.05) is 13.2 Å².